The minimum Gasteiger partial charge on any atom is -0.489 e. The maximum Gasteiger partial charge on any atom is 0.249 e. The summed E-state index contributed by atoms with van der Waals surface area (Å²) in [7, 11) is 0. The Bertz CT molecular complexity index is 1350. The first-order valence-electron chi connectivity index (χ1n) is 16.5. The summed E-state index contributed by atoms with van der Waals surface area (Å²) in [6.45, 7) is 10.6. The highest BCUT2D eigenvalue weighted by atomic mass is 16.5. The molecule has 1 aliphatic rings. The van der Waals surface area contributed by atoms with E-state index in [-0.39, 0.29) is 36.4 Å². The molecule has 0 fully saturated rings. The number of nitrogens with zero attached hydrogens (tertiary/aromatic N) is 1. The van der Waals surface area contributed by atoms with Crippen molar-refractivity contribution < 1.29 is 24.2 Å². The number of carbonyl (C=O) groups excluding carboxylic acids is 3. The Balaban J connectivity index is 1.98. The third kappa shape index (κ3) is 10.0. The highest BCUT2D eigenvalue weighted by Crippen LogP contribution is 2.44. The number of aliphatic hydroxyl groups excluding tert-OH is 1. The Hall–Kier alpha value is -3.95. The first-order chi connectivity index (χ1) is 22.0. The van der Waals surface area contributed by atoms with E-state index in [2.05, 4.69) is 19.2 Å². The van der Waals surface area contributed by atoms with Gasteiger partial charge in [-0.25, -0.2) is 0 Å². The molecule has 0 saturated heterocycles. The lowest BCUT2D eigenvalue weighted by atomic mass is 9.63. The van der Waals surface area contributed by atoms with Crippen molar-refractivity contribution in [2.75, 3.05) is 26.2 Å². The second-order valence-corrected chi connectivity index (χ2v) is 12.7. The number of benzene rings is 2. The van der Waals surface area contributed by atoms with Gasteiger partial charge in [-0.05, 0) is 73.9 Å². The van der Waals surface area contributed by atoms with Crippen LogP contribution in [0.2, 0.25) is 0 Å². The van der Waals surface area contributed by atoms with Crippen LogP contribution >= 0.6 is 0 Å². The van der Waals surface area contributed by atoms with Gasteiger partial charge in [0.2, 0.25) is 17.7 Å². The summed E-state index contributed by atoms with van der Waals surface area (Å²) in [5.41, 5.74) is 12.6. The molecule has 6 N–H and O–H groups in total. The second kappa shape index (κ2) is 17.7. The van der Waals surface area contributed by atoms with Crippen molar-refractivity contribution in [1.29, 1.82) is 0 Å². The Labute approximate surface area is 274 Å². The summed E-state index contributed by atoms with van der Waals surface area (Å²) in [4.78, 5) is 41.8. The van der Waals surface area contributed by atoms with Gasteiger partial charge in [0.25, 0.3) is 0 Å². The van der Waals surface area contributed by atoms with Crippen LogP contribution in [0.5, 0.6) is 5.75 Å². The molecule has 0 bridgehead atoms. The standard InChI is InChI=1S/C37H52N4O5/c1-5-18-41(19-6-2)35(44)30-21-29(34(38)43)22-37(23-30,36(39)45)32(33(42)24-40-17-16-26(3)4)20-27-12-14-31(15-13-27)46-25-28-10-8-7-9-11-28/h7-15,21-22,26,32-33,40,42H,5-6,16-20,23-25H2,1-4H3,(H2,38,43)(H2,39,45)/t32-,33+,37?/m1/s1. The lowest BCUT2D eigenvalue weighted by molar-refractivity contribution is -0.132. The molecule has 3 rings (SSSR count). The molecule has 3 amide bonds. The van der Waals surface area contributed by atoms with Crippen LogP contribution in [0, 0.1) is 17.3 Å². The second-order valence-electron chi connectivity index (χ2n) is 12.7. The van der Waals surface area contributed by atoms with Crippen molar-refractivity contribution in [3.05, 3.63) is 89.0 Å². The molecule has 0 heterocycles. The van der Waals surface area contributed by atoms with Crippen LogP contribution in [-0.4, -0.2) is 60.0 Å². The molecule has 2 aromatic rings. The normalized spacial score (nSPS) is 17.5. The number of primary amides is 2. The first-order valence-corrected chi connectivity index (χ1v) is 16.5. The zero-order valence-electron chi connectivity index (χ0n) is 27.8. The number of carbonyl (C=O) groups is 3. The van der Waals surface area contributed by atoms with E-state index in [9.17, 15) is 19.5 Å². The van der Waals surface area contributed by atoms with E-state index in [1.54, 1.807) is 4.90 Å². The topological polar surface area (TPSA) is 148 Å². The molecule has 0 radical (unpaired) electrons. The van der Waals surface area contributed by atoms with Crippen LogP contribution in [0.1, 0.15) is 64.5 Å². The van der Waals surface area contributed by atoms with Crippen molar-refractivity contribution in [2.24, 2.45) is 28.7 Å². The Morgan fingerprint density at radius 1 is 0.978 bits per heavy atom. The highest BCUT2D eigenvalue weighted by molar-refractivity contribution is 6.03. The summed E-state index contributed by atoms with van der Waals surface area (Å²) >= 11 is 0. The molecule has 9 heteroatoms. The van der Waals surface area contributed by atoms with E-state index in [4.69, 9.17) is 16.2 Å². The quantitative estimate of drug-likeness (QED) is 0.170. The summed E-state index contributed by atoms with van der Waals surface area (Å²) in [6.07, 6.45) is 4.57. The van der Waals surface area contributed by atoms with Gasteiger partial charge in [-0.3, -0.25) is 14.4 Å². The molecule has 1 unspecified atom stereocenters. The summed E-state index contributed by atoms with van der Waals surface area (Å²) in [5, 5.41) is 15.1. The van der Waals surface area contributed by atoms with Gasteiger partial charge in [-0.2, -0.15) is 0 Å². The highest BCUT2D eigenvalue weighted by Gasteiger charge is 2.49. The Morgan fingerprint density at radius 2 is 1.63 bits per heavy atom. The Morgan fingerprint density at radius 3 is 2.20 bits per heavy atom. The van der Waals surface area contributed by atoms with Crippen LogP contribution in [-0.2, 0) is 27.4 Å². The minimum absolute atomic E-state index is 0.0379. The van der Waals surface area contributed by atoms with Gasteiger partial charge in [-0.1, -0.05) is 76.2 Å². The van der Waals surface area contributed by atoms with E-state index < -0.39 is 29.3 Å². The molecule has 0 aromatic heterocycles. The van der Waals surface area contributed by atoms with Crippen LogP contribution < -0.4 is 21.5 Å². The Kier molecular flexibility index (Phi) is 14.0. The number of amides is 3. The third-order valence-electron chi connectivity index (χ3n) is 8.52. The van der Waals surface area contributed by atoms with Crippen molar-refractivity contribution in [2.45, 2.75) is 72.5 Å². The molecule has 0 saturated carbocycles. The van der Waals surface area contributed by atoms with Crippen molar-refractivity contribution in [3.63, 3.8) is 0 Å². The van der Waals surface area contributed by atoms with Crippen LogP contribution in [0.25, 0.3) is 0 Å². The van der Waals surface area contributed by atoms with Crippen molar-refractivity contribution in [3.8, 4) is 5.75 Å². The monoisotopic (exact) mass is 632 g/mol. The van der Waals surface area contributed by atoms with Crippen molar-refractivity contribution in [1.82, 2.24) is 10.2 Å². The molecule has 2 aromatic carbocycles. The molecule has 1 aliphatic carbocycles. The predicted molar refractivity (Wildman–Crippen MR) is 182 cm³/mol. The van der Waals surface area contributed by atoms with Crippen LogP contribution in [0.3, 0.4) is 0 Å². The molecule has 250 valence electrons. The van der Waals surface area contributed by atoms with E-state index in [0.717, 1.165) is 30.4 Å². The van der Waals surface area contributed by atoms with Gasteiger partial charge in [0.05, 0.1) is 11.5 Å². The number of hydrogen-bond acceptors (Lipinski definition) is 6. The number of rotatable bonds is 19. The average molecular weight is 633 g/mol. The van der Waals surface area contributed by atoms with Gasteiger partial charge in [0.1, 0.15) is 12.4 Å². The lowest BCUT2D eigenvalue weighted by Crippen LogP contribution is -2.52. The first kappa shape index (κ1) is 36.5. The maximum absolute atomic E-state index is 13.8. The number of nitrogens with two attached hydrogens (primary N) is 2. The summed E-state index contributed by atoms with van der Waals surface area (Å²) in [5.74, 6) is -1.37. The number of nitrogens with one attached hydrogen (secondary N) is 1. The molecule has 0 aliphatic heterocycles. The van der Waals surface area contributed by atoms with Crippen molar-refractivity contribution >= 4 is 17.7 Å². The van der Waals surface area contributed by atoms with Gasteiger partial charge in [-0.15, -0.1) is 0 Å². The number of ether oxygens (including phenoxy) is 1. The number of aliphatic hydroxyl groups is 1. The fraction of sp³-hybridized carbons (Fsp3) is 0.486. The SMILES string of the molecule is CCCN(CCC)C(=O)C1=CC(C(N)=O)=CC(C(N)=O)([C@H](Cc2ccc(OCc3ccccc3)cc2)[C@@H](O)CNCCC(C)C)C1. The molecule has 46 heavy (non-hydrogen) atoms. The zero-order chi connectivity index (χ0) is 33.7. The molecular weight excluding hydrogens is 580 g/mol. The van der Waals surface area contributed by atoms with Gasteiger partial charge < -0.3 is 31.5 Å². The van der Waals surface area contributed by atoms with E-state index in [1.807, 2.05) is 68.4 Å². The summed E-state index contributed by atoms with van der Waals surface area (Å²) in [6, 6.07) is 17.4. The number of hydrogen-bond donors (Lipinski definition) is 4. The fourth-order valence-electron chi connectivity index (χ4n) is 6.00. The zero-order valence-corrected chi connectivity index (χ0v) is 27.8. The van der Waals surface area contributed by atoms with Crippen LogP contribution in [0.4, 0.5) is 0 Å². The van der Waals surface area contributed by atoms with Gasteiger partial charge >= 0.3 is 0 Å². The van der Waals surface area contributed by atoms with E-state index in [1.165, 1.54) is 12.2 Å². The van der Waals surface area contributed by atoms with Gasteiger partial charge in [0, 0.05) is 36.7 Å². The third-order valence-corrected chi connectivity index (χ3v) is 8.52. The molecular formula is C37H52N4O5. The largest absolute Gasteiger partial charge is 0.489 e. The smallest absolute Gasteiger partial charge is 0.249 e. The molecule has 9 nitrogen and oxygen atoms in total. The molecule has 0 spiro atoms. The fourth-order valence-corrected chi connectivity index (χ4v) is 6.00. The van der Waals surface area contributed by atoms with E-state index >= 15 is 0 Å². The lowest BCUT2D eigenvalue weighted by Gasteiger charge is -2.42. The van der Waals surface area contributed by atoms with Gasteiger partial charge in [0.15, 0.2) is 0 Å². The average Bonchev–Trinajstić information content (AvgIpc) is 3.04. The minimum atomic E-state index is -1.55. The van der Waals surface area contributed by atoms with Crippen LogP contribution in [0.15, 0.2) is 77.9 Å². The molecule has 3 atom stereocenters. The van der Waals surface area contributed by atoms with E-state index in [0.29, 0.717) is 37.9 Å². The predicted octanol–water partition coefficient (Wildman–Crippen LogP) is 4.28. The summed E-state index contributed by atoms with van der Waals surface area (Å²) < 4.78 is 5.96. The maximum atomic E-state index is 13.8.